The Morgan fingerprint density at radius 2 is 1.71 bits per heavy atom. The largest absolute Gasteiger partial charge is 0.480 e. The maximum atomic E-state index is 11.3. The lowest BCUT2D eigenvalue weighted by atomic mass is 10.2. The highest BCUT2D eigenvalue weighted by Crippen LogP contribution is 2.26. The molecule has 4 rings (SSSR count). The van der Waals surface area contributed by atoms with Gasteiger partial charge in [0.2, 0.25) is 0 Å². The van der Waals surface area contributed by atoms with Gasteiger partial charge in [0.1, 0.15) is 5.82 Å². The molecule has 0 saturated carbocycles. The number of carboxylic acids is 2. The Kier molecular flexibility index (Phi) is 5.88. The van der Waals surface area contributed by atoms with Crippen LogP contribution in [0.15, 0.2) is 42.5 Å². The number of aromatic carboxylic acids is 1. The van der Waals surface area contributed by atoms with Crippen LogP contribution < -0.4 is 4.90 Å². The van der Waals surface area contributed by atoms with E-state index in [1.165, 1.54) is 0 Å². The lowest BCUT2D eigenvalue weighted by Crippen LogP contribution is -2.48. The van der Waals surface area contributed by atoms with Crippen LogP contribution in [0.2, 0.25) is 0 Å². The maximum absolute atomic E-state index is 11.3. The van der Waals surface area contributed by atoms with Crippen LogP contribution >= 0.6 is 0 Å². The molecule has 1 aliphatic heterocycles. The summed E-state index contributed by atoms with van der Waals surface area (Å²) < 4.78 is 1.95. The van der Waals surface area contributed by atoms with Gasteiger partial charge in [-0.15, -0.1) is 0 Å². The van der Waals surface area contributed by atoms with Gasteiger partial charge in [0.15, 0.2) is 0 Å². The SMILES string of the molecule is O=C(O)CN1CCN(c2cccc(-n3c(CCO)nc4cc(C(=O)O)ccc43)c2)CC1. The number of carboxylic acid groups (broad SMARTS) is 2. The summed E-state index contributed by atoms with van der Waals surface area (Å²) >= 11 is 0. The number of anilines is 1. The molecule has 3 aromatic rings. The van der Waals surface area contributed by atoms with E-state index >= 15 is 0 Å². The molecule has 1 fully saturated rings. The molecule has 0 radical (unpaired) electrons. The first-order chi connectivity index (χ1) is 15.0. The van der Waals surface area contributed by atoms with Gasteiger partial charge in [-0.25, -0.2) is 9.78 Å². The quantitative estimate of drug-likeness (QED) is 0.522. The molecule has 0 spiro atoms. The van der Waals surface area contributed by atoms with Crippen LogP contribution in [0, 0.1) is 0 Å². The standard InChI is InChI=1S/C22H24N4O5/c27-11-6-20-23-18-12-15(22(30)31)4-5-19(18)26(20)17-3-1-2-16(13-17)25-9-7-24(8-10-25)14-21(28)29/h1-5,12-13,27H,6-11,14H2,(H,28,29)(H,30,31). The minimum absolute atomic E-state index is 0.0533. The van der Waals surface area contributed by atoms with E-state index in [2.05, 4.69) is 9.88 Å². The van der Waals surface area contributed by atoms with Crippen molar-refractivity contribution in [1.29, 1.82) is 0 Å². The van der Waals surface area contributed by atoms with Crippen molar-refractivity contribution in [1.82, 2.24) is 14.5 Å². The van der Waals surface area contributed by atoms with Crippen molar-refractivity contribution in [2.24, 2.45) is 0 Å². The third kappa shape index (κ3) is 4.37. The van der Waals surface area contributed by atoms with Gasteiger partial charge in [0.05, 0.1) is 29.7 Å². The Morgan fingerprint density at radius 3 is 2.39 bits per heavy atom. The number of fused-ring (bicyclic) bond motifs is 1. The van der Waals surface area contributed by atoms with Crippen molar-refractivity contribution in [3.8, 4) is 5.69 Å². The predicted molar refractivity (Wildman–Crippen MR) is 115 cm³/mol. The highest BCUT2D eigenvalue weighted by Gasteiger charge is 2.20. The van der Waals surface area contributed by atoms with Crippen molar-refractivity contribution >= 4 is 28.7 Å². The van der Waals surface area contributed by atoms with Crippen LogP contribution in [0.4, 0.5) is 5.69 Å². The van der Waals surface area contributed by atoms with Crippen LogP contribution in [-0.4, -0.2) is 81.0 Å². The number of benzene rings is 2. The zero-order chi connectivity index (χ0) is 22.0. The number of hydrogen-bond donors (Lipinski definition) is 3. The van der Waals surface area contributed by atoms with E-state index in [1.807, 2.05) is 33.7 Å². The number of piperazine rings is 1. The molecule has 0 unspecified atom stereocenters. The summed E-state index contributed by atoms with van der Waals surface area (Å²) in [4.78, 5) is 31.0. The van der Waals surface area contributed by atoms with Gasteiger partial charge < -0.3 is 20.2 Å². The number of rotatable bonds is 7. The zero-order valence-corrected chi connectivity index (χ0v) is 16.9. The molecule has 9 nitrogen and oxygen atoms in total. The molecule has 2 heterocycles. The average Bonchev–Trinajstić information content (AvgIpc) is 3.11. The average molecular weight is 424 g/mol. The zero-order valence-electron chi connectivity index (χ0n) is 16.9. The number of aliphatic hydroxyl groups excluding tert-OH is 1. The van der Waals surface area contributed by atoms with Gasteiger partial charge in [-0.05, 0) is 36.4 Å². The number of nitrogens with zero attached hydrogens (tertiary/aromatic N) is 4. The summed E-state index contributed by atoms with van der Waals surface area (Å²) in [6.45, 7) is 2.80. The van der Waals surface area contributed by atoms with Gasteiger partial charge in [0.25, 0.3) is 0 Å². The summed E-state index contributed by atoms with van der Waals surface area (Å²) in [6.07, 6.45) is 0.342. The number of aromatic nitrogens is 2. The number of aliphatic carboxylic acids is 1. The first-order valence-corrected chi connectivity index (χ1v) is 10.1. The number of imidazole rings is 1. The van der Waals surface area contributed by atoms with Crippen molar-refractivity contribution in [2.75, 3.05) is 44.2 Å². The number of carbonyl (C=O) groups is 2. The summed E-state index contributed by atoms with van der Waals surface area (Å²) in [7, 11) is 0. The monoisotopic (exact) mass is 424 g/mol. The molecule has 3 N–H and O–H groups in total. The first kappa shape index (κ1) is 20.8. The fourth-order valence-electron chi connectivity index (χ4n) is 4.00. The third-order valence-electron chi connectivity index (χ3n) is 5.49. The van der Waals surface area contributed by atoms with Gasteiger partial charge in [-0.3, -0.25) is 14.3 Å². The van der Waals surface area contributed by atoms with E-state index in [-0.39, 0.29) is 18.7 Å². The Morgan fingerprint density at radius 1 is 0.968 bits per heavy atom. The topological polar surface area (TPSA) is 119 Å². The molecule has 0 aliphatic carbocycles. The highest BCUT2D eigenvalue weighted by atomic mass is 16.4. The molecule has 0 bridgehead atoms. The summed E-state index contributed by atoms with van der Waals surface area (Å²) in [5, 5.41) is 27.8. The smallest absolute Gasteiger partial charge is 0.335 e. The molecular weight excluding hydrogens is 400 g/mol. The van der Waals surface area contributed by atoms with Gasteiger partial charge in [-0.1, -0.05) is 6.07 Å². The second-order valence-electron chi connectivity index (χ2n) is 7.52. The fourth-order valence-corrected chi connectivity index (χ4v) is 4.00. The first-order valence-electron chi connectivity index (χ1n) is 10.1. The summed E-state index contributed by atoms with van der Waals surface area (Å²) in [6, 6.07) is 12.8. The number of hydrogen-bond acceptors (Lipinski definition) is 6. The highest BCUT2D eigenvalue weighted by molar-refractivity contribution is 5.93. The van der Waals surface area contributed by atoms with E-state index in [0.717, 1.165) is 30.0 Å². The molecule has 1 aromatic heterocycles. The van der Waals surface area contributed by atoms with Crippen LogP contribution in [-0.2, 0) is 11.2 Å². The lowest BCUT2D eigenvalue weighted by Gasteiger charge is -2.35. The second kappa shape index (κ2) is 8.75. The molecule has 2 aromatic carbocycles. The predicted octanol–water partition coefficient (Wildman–Crippen LogP) is 1.47. The van der Waals surface area contributed by atoms with Crippen LogP contribution in [0.1, 0.15) is 16.2 Å². The van der Waals surface area contributed by atoms with E-state index in [9.17, 15) is 19.8 Å². The lowest BCUT2D eigenvalue weighted by molar-refractivity contribution is -0.138. The Labute approximate surface area is 178 Å². The van der Waals surface area contributed by atoms with Gasteiger partial charge in [0, 0.05) is 44.0 Å². The molecule has 31 heavy (non-hydrogen) atoms. The van der Waals surface area contributed by atoms with Crippen molar-refractivity contribution < 1.29 is 24.9 Å². The van der Waals surface area contributed by atoms with Crippen LogP contribution in [0.3, 0.4) is 0 Å². The van der Waals surface area contributed by atoms with Gasteiger partial charge >= 0.3 is 11.9 Å². The van der Waals surface area contributed by atoms with E-state index in [4.69, 9.17) is 5.11 Å². The van der Waals surface area contributed by atoms with Crippen molar-refractivity contribution in [2.45, 2.75) is 6.42 Å². The summed E-state index contributed by atoms with van der Waals surface area (Å²) in [5.41, 5.74) is 3.40. The molecule has 1 aliphatic rings. The molecule has 9 heteroatoms. The maximum Gasteiger partial charge on any atom is 0.335 e. The molecule has 162 valence electrons. The number of aliphatic hydroxyl groups is 1. The van der Waals surface area contributed by atoms with E-state index in [1.54, 1.807) is 18.2 Å². The molecule has 1 saturated heterocycles. The van der Waals surface area contributed by atoms with Crippen molar-refractivity contribution in [3.63, 3.8) is 0 Å². The fraction of sp³-hybridized carbons (Fsp3) is 0.318. The van der Waals surface area contributed by atoms with Crippen LogP contribution in [0.25, 0.3) is 16.7 Å². The minimum atomic E-state index is -1.01. The molecule has 0 atom stereocenters. The van der Waals surface area contributed by atoms with E-state index in [0.29, 0.717) is 30.9 Å². The van der Waals surface area contributed by atoms with Crippen molar-refractivity contribution in [3.05, 3.63) is 53.9 Å². The molecule has 0 amide bonds. The van der Waals surface area contributed by atoms with Crippen LogP contribution in [0.5, 0.6) is 0 Å². The normalized spacial score (nSPS) is 14.8. The third-order valence-corrected chi connectivity index (χ3v) is 5.49. The van der Waals surface area contributed by atoms with E-state index < -0.39 is 11.9 Å². The second-order valence-corrected chi connectivity index (χ2v) is 7.52. The Bertz CT molecular complexity index is 1120. The molecular formula is C22H24N4O5. The Hall–Kier alpha value is -3.43. The summed E-state index contributed by atoms with van der Waals surface area (Å²) in [5.74, 6) is -1.17. The Balaban J connectivity index is 1.66. The van der Waals surface area contributed by atoms with Gasteiger partial charge in [-0.2, -0.15) is 0 Å². The minimum Gasteiger partial charge on any atom is -0.480 e.